The van der Waals surface area contributed by atoms with Gasteiger partial charge in [0.05, 0.1) is 16.9 Å². The van der Waals surface area contributed by atoms with E-state index in [2.05, 4.69) is 10.3 Å². The summed E-state index contributed by atoms with van der Waals surface area (Å²) in [5.41, 5.74) is 1.37. The van der Waals surface area contributed by atoms with Crippen molar-refractivity contribution in [3.63, 3.8) is 0 Å². The van der Waals surface area contributed by atoms with Crippen LogP contribution in [0.25, 0.3) is 0 Å². The van der Waals surface area contributed by atoms with Gasteiger partial charge in [0.1, 0.15) is 4.90 Å². The van der Waals surface area contributed by atoms with E-state index in [0.717, 1.165) is 10.00 Å². The Morgan fingerprint density at radius 1 is 1.08 bits per heavy atom. The normalized spacial score (nSPS) is 11.2. The minimum Gasteiger partial charge on any atom is -0.298 e. The van der Waals surface area contributed by atoms with Gasteiger partial charge in [-0.1, -0.05) is 30.3 Å². The van der Waals surface area contributed by atoms with Crippen LogP contribution < -0.4 is 9.62 Å². The number of carbonyl (C=O) groups excluding carboxylic acids is 1. The predicted octanol–water partition coefficient (Wildman–Crippen LogP) is 3.53. The Morgan fingerprint density at radius 3 is 2.38 bits per heavy atom. The van der Waals surface area contributed by atoms with E-state index < -0.39 is 15.9 Å². The van der Waals surface area contributed by atoms with Crippen LogP contribution in [-0.4, -0.2) is 26.4 Å². The molecule has 2 aromatic carbocycles. The number of aromatic nitrogens is 1. The molecule has 1 aromatic heterocycles. The minimum absolute atomic E-state index is 0.0582. The third-order valence-electron chi connectivity index (χ3n) is 3.73. The van der Waals surface area contributed by atoms with Crippen molar-refractivity contribution in [3.05, 3.63) is 71.2 Å². The zero-order valence-corrected chi connectivity index (χ0v) is 15.8. The van der Waals surface area contributed by atoms with Gasteiger partial charge in [-0.25, -0.2) is 13.4 Å². The molecule has 0 aliphatic heterocycles. The summed E-state index contributed by atoms with van der Waals surface area (Å²) in [5.74, 6) is -0.514. The number of carbonyl (C=O) groups is 1. The fraction of sp³-hybridized carbons (Fsp3) is 0.111. The third kappa shape index (κ3) is 3.61. The molecule has 0 aliphatic rings. The average Bonchev–Trinajstić information content (AvgIpc) is 3.06. The first-order valence-corrected chi connectivity index (χ1v) is 10.1. The van der Waals surface area contributed by atoms with Gasteiger partial charge in [-0.05, 0) is 31.2 Å². The molecule has 1 heterocycles. The monoisotopic (exact) mass is 387 g/mol. The fourth-order valence-corrected chi connectivity index (χ4v) is 4.45. The van der Waals surface area contributed by atoms with Crippen molar-refractivity contribution in [1.29, 1.82) is 0 Å². The van der Waals surface area contributed by atoms with E-state index in [0.29, 0.717) is 10.8 Å². The Bertz CT molecular complexity index is 1030. The molecule has 1 N–H and O–H groups in total. The quantitative estimate of drug-likeness (QED) is 0.726. The van der Waals surface area contributed by atoms with Crippen molar-refractivity contribution in [2.45, 2.75) is 11.8 Å². The highest BCUT2D eigenvalue weighted by Crippen LogP contribution is 2.25. The molecular weight excluding hydrogens is 370 g/mol. The Labute approximate surface area is 156 Å². The average molecular weight is 387 g/mol. The van der Waals surface area contributed by atoms with Gasteiger partial charge in [0.15, 0.2) is 5.13 Å². The SMILES string of the molecule is Cc1csc(NC(=O)c2ccccc2S(=O)(=O)N(C)c2ccccc2)n1. The number of anilines is 2. The fourth-order valence-electron chi connectivity index (χ4n) is 2.38. The van der Waals surface area contributed by atoms with Crippen LogP contribution in [0.15, 0.2) is 64.9 Å². The largest absolute Gasteiger partial charge is 0.298 e. The summed E-state index contributed by atoms with van der Waals surface area (Å²) in [5, 5.41) is 4.89. The maximum atomic E-state index is 13.0. The number of aryl methyl sites for hydroxylation is 1. The van der Waals surface area contributed by atoms with E-state index in [1.807, 2.05) is 6.92 Å². The number of para-hydroxylation sites is 1. The molecule has 0 radical (unpaired) electrons. The number of benzene rings is 2. The molecule has 0 fully saturated rings. The van der Waals surface area contributed by atoms with Crippen LogP contribution in [0.3, 0.4) is 0 Å². The Morgan fingerprint density at radius 2 is 1.73 bits per heavy atom. The first kappa shape index (κ1) is 18.1. The summed E-state index contributed by atoms with van der Waals surface area (Å²) < 4.78 is 27.3. The Balaban J connectivity index is 1.97. The highest BCUT2D eigenvalue weighted by molar-refractivity contribution is 7.92. The van der Waals surface area contributed by atoms with Crippen LogP contribution in [0, 0.1) is 6.92 Å². The lowest BCUT2D eigenvalue weighted by atomic mass is 10.2. The number of sulfonamides is 1. The van der Waals surface area contributed by atoms with Gasteiger partial charge in [-0.3, -0.25) is 14.4 Å². The maximum Gasteiger partial charge on any atom is 0.264 e. The van der Waals surface area contributed by atoms with Gasteiger partial charge < -0.3 is 0 Å². The van der Waals surface area contributed by atoms with Gasteiger partial charge >= 0.3 is 0 Å². The van der Waals surface area contributed by atoms with Crippen LogP contribution in [0.5, 0.6) is 0 Å². The summed E-state index contributed by atoms with van der Waals surface area (Å²) in [6.45, 7) is 1.82. The number of nitrogens with zero attached hydrogens (tertiary/aromatic N) is 2. The summed E-state index contributed by atoms with van der Waals surface area (Å²) in [4.78, 5) is 16.7. The van der Waals surface area contributed by atoms with E-state index in [4.69, 9.17) is 0 Å². The summed E-state index contributed by atoms with van der Waals surface area (Å²) in [7, 11) is -2.44. The number of hydrogen-bond acceptors (Lipinski definition) is 5. The Kier molecular flexibility index (Phi) is 5.06. The number of rotatable bonds is 5. The standard InChI is InChI=1S/C18H17N3O3S2/c1-13-12-25-18(19-13)20-17(22)15-10-6-7-11-16(15)26(23,24)21(2)14-8-4-3-5-9-14/h3-12H,1-2H3,(H,19,20,22). The minimum atomic E-state index is -3.90. The molecule has 0 atom stereocenters. The van der Waals surface area contributed by atoms with Gasteiger partial charge in [-0.15, -0.1) is 11.3 Å². The maximum absolute atomic E-state index is 13.0. The van der Waals surface area contributed by atoms with Crippen molar-refractivity contribution in [2.75, 3.05) is 16.7 Å². The van der Waals surface area contributed by atoms with Crippen molar-refractivity contribution < 1.29 is 13.2 Å². The summed E-state index contributed by atoms with van der Waals surface area (Å²) in [6.07, 6.45) is 0. The third-order valence-corrected chi connectivity index (χ3v) is 6.45. The van der Waals surface area contributed by atoms with Crippen molar-refractivity contribution >= 4 is 38.1 Å². The Hall–Kier alpha value is -2.71. The van der Waals surface area contributed by atoms with Crippen LogP contribution in [-0.2, 0) is 10.0 Å². The van der Waals surface area contributed by atoms with Gasteiger partial charge in [0, 0.05) is 12.4 Å². The second-order valence-electron chi connectivity index (χ2n) is 5.55. The second kappa shape index (κ2) is 7.27. The topological polar surface area (TPSA) is 79.4 Å². The molecule has 0 unspecified atom stereocenters. The van der Waals surface area contributed by atoms with E-state index >= 15 is 0 Å². The lowest BCUT2D eigenvalue weighted by molar-refractivity contribution is 0.102. The highest BCUT2D eigenvalue weighted by Gasteiger charge is 2.27. The molecule has 0 spiro atoms. The molecule has 0 saturated heterocycles. The van der Waals surface area contributed by atoms with Gasteiger partial charge in [0.2, 0.25) is 0 Å². The second-order valence-corrected chi connectivity index (χ2v) is 8.35. The van der Waals surface area contributed by atoms with E-state index in [1.54, 1.807) is 47.8 Å². The molecule has 6 nitrogen and oxygen atoms in total. The molecule has 3 rings (SSSR count). The molecule has 0 saturated carbocycles. The molecular formula is C18H17N3O3S2. The molecule has 26 heavy (non-hydrogen) atoms. The lowest BCUT2D eigenvalue weighted by Crippen LogP contribution is -2.28. The van der Waals surface area contributed by atoms with Crippen molar-refractivity contribution in [1.82, 2.24) is 4.98 Å². The first-order valence-electron chi connectivity index (χ1n) is 7.76. The number of thiazole rings is 1. The van der Waals surface area contributed by atoms with Gasteiger partial charge in [-0.2, -0.15) is 0 Å². The molecule has 1 amide bonds. The number of hydrogen-bond donors (Lipinski definition) is 1. The lowest BCUT2D eigenvalue weighted by Gasteiger charge is -2.20. The zero-order chi connectivity index (χ0) is 18.7. The summed E-state index contributed by atoms with van der Waals surface area (Å²) >= 11 is 1.29. The van der Waals surface area contributed by atoms with Crippen molar-refractivity contribution in [3.8, 4) is 0 Å². The smallest absolute Gasteiger partial charge is 0.264 e. The molecule has 0 aliphatic carbocycles. The first-order chi connectivity index (χ1) is 12.4. The van der Waals surface area contributed by atoms with Crippen molar-refractivity contribution in [2.24, 2.45) is 0 Å². The van der Waals surface area contributed by atoms with Crippen LogP contribution in [0.4, 0.5) is 10.8 Å². The van der Waals surface area contributed by atoms with E-state index in [9.17, 15) is 13.2 Å². The zero-order valence-electron chi connectivity index (χ0n) is 14.2. The highest BCUT2D eigenvalue weighted by atomic mass is 32.2. The molecule has 0 bridgehead atoms. The summed E-state index contributed by atoms with van der Waals surface area (Å²) in [6, 6.07) is 14.8. The number of amides is 1. The predicted molar refractivity (Wildman–Crippen MR) is 103 cm³/mol. The van der Waals surface area contributed by atoms with Gasteiger partial charge in [0.25, 0.3) is 15.9 Å². The van der Waals surface area contributed by atoms with Crippen LogP contribution in [0.2, 0.25) is 0 Å². The molecule has 8 heteroatoms. The van der Waals surface area contributed by atoms with E-state index in [-0.39, 0.29) is 10.5 Å². The molecule has 3 aromatic rings. The van der Waals surface area contributed by atoms with Crippen LogP contribution >= 0.6 is 11.3 Å². The number of nitrogens with one attached hydrogen (secondary N) is 1. The van der Waals surface area contributed by atoms with Crippen LogP contribution in [0.1, 0.15) is 16.1 Å². The van der Waals surface area contributed by atoms with E-state index in [1.165, 1.54) is 30.5 Å². The molecule has 134 valence electrons.